The molecular weight excluding hydrogens is 282 g/mol. The van der Waals surface area contributed by atoms with Crippen molar-refractivity contribution < 1.29 is 9.59 Å². The molecule has 1 saturated heterocycles. The fraction of sp³-hybridized carbons (Fsp3) is 0.562. The molecule has 0 bridgehead atoms. The van der Waals surface area contributed by atoms with E-state index in [1.165, 1.54) is 0 Å². The zero-order chi connectivity index (χ0) is 15.7. The lowest BCUT2D eigenvalue weighted by Crippen LogP contribution is -2.46. The maximum absolute atomic E-state index is 12.3. The number of carbonyl (C=O) groups is 2. The first kappa shape index (κ1) is 14.8. The van der Waals surface area contributed by atoms with Crippen LogP contribution in [-0.4, -0.2) is 40.8 Å². The largest absolute Gasteiger partial charge is 0.349 e. The van der Waals surface area contributed by atoms with Crippen molar-refractivity contribution in [2.24, 2.45) is 0 Å². The van der Waals surface area contributed by atoms with Crippen molar-refractivity contribution in [3.05, 3.63) is 33.2 Å². The molecule has 0 aromatic carbocycles. The smallest absolute Gasteiger partial charge is 0.261 e. The number of hydrogen-bond donors (Lipinski definition) is 2. The number of aromatic nitrogens is 1. The lowest BCUT2D eigenvalue weighted by Gasteiger charge is -2.31. The highest BCUT2D eigenvalue weighted by Gasteiger charge is 2.24. The Balaban J connectivity index is 1.66. The van der Waals surface area contributed by atoms with E-state index in [1.54, 1.807) is 17.9 Å². The predicted molar refractivity (Wildman–Crippen MR) is 81.8 cm³/mol. The van der Waals surface area contributed by atoms with Gasteiger partial charge in [-0.25, -0.2) is 0 Å². The van der Waals surface area contributed by atoms with Gasteiger partial charge in [0, 0.05) is 31.7 Å². The average Bonchev–Trinajstić information content (AvgIpc) is 2.94. The van der Waals surface area contributed by atoms with E-state index < -0.39 is 0 Å². The standard InChI is InChI=1S/C16H21N3O3/c1-10(20)19-7-5-12(6-8-19)17-15(21)13-9-11-3-2-4-14(11)18-16(13)22/h9,12H,2-8H2,1H3,(H,17,21)(H,18,22). The van der Waals surface area contributed by atoms with Gasteiger partial charge < -0.3 is 15.2 Å². The van der Waals surface area contributed by atoms with E-state index in [0.29, 0.717) is 13.1 Å². The minimum absolute atomic E-state index is 0.0238. The Morgan fingerprint density at radius 1 is 1.27 bits per heavy atom. The maximum Gasteiger partial charge on any atom is 0.261 e. The number of nitrogens with one attached hydrogen (secondary N) is 2. The van der Waals surface area contributed by atoms with Crippen molar-refractivity contribution in [3.63, 3.8) is 0 Å². The minimum atomic E-state index is -0.308. The molecule has 0 saturated carbocycles. The molecule has 2 amide bonds. The van der Waals surface area contributed by atoms with Crippen molar-refractivity contribution in [1.82, 2.24) is 15.2 Å². The number of H-pyrrole nitrogens is 1. The molecule has 0 spiro atoms. The van der Waals surface area contributed by atoms with E-state index >= 15 is 0 Å². The average molecular weight is 303 g/mol. The third-order valence-electron chi connectivity index (χ3n) is 4.61. The van der Waals surface area contributed by atoms with E-state index in [1.807, 2.05) is 0 Å². The van der Waals surface area contributed by atoms with Crippen LogP contribution in [-0.2, 0) is 17.6 Å². The molecule has 1 aliphatic heterocycles. The number of aromatic amines is 1. The maximum atomic E-state index is 12.3. The van der Waals surface area contributed by atoms with Crippen LogP contribution in [0.15, 0.2) is 10.9 Å². The molecule has 118 valence electrons. The van der Waals surface area contributed by atoms with Gasteiger partial charge in [0.1, 0.15) is 5.56 Å². The Labute approximate surface area is 128 Å². The van der Waals surface area contributed by atoms with Gasteiger partial charge in [-0.05, 0) is 43.7 Å². The van der Waals surface area contributed by atoms with Crippen molar-refractivity contribution in [3.8, 4) is 0 Å². The van der Waals surface area contributed by atoms with Crippen molar-refractivity contribution in [2.45, 2.75) is 45.1 Å². The van der Waals surface area contributed by atoms with Crippen LogP contribution >= 0.6 is 0 Å². The lowest BCUT2D eigenvalue weighted by molar-refractivity contribution is -0.129. The first-order valence-corrected chi connectivity index (χ1v) is 7.86. The molecule has 2 heterocycles. The molecule has 3 rings (SSSR count). The number of likely N-dealkylation sites (tertiary alicyclic amines) is 1. The summed E-state index contributed by atoms with van der Waals surface area (Å²) in [5.41, 5.74) is 1.95. The van der Waals surface area contributed by atoms with Gasteiger partial charge in [-0.2, -0.15) is 0 Å². The monoisotopic (exact) mass is 303 g/mol. The topological polar surface area (TPSA) is 82.3 Å². The molecule has 1 aromatic rings. The molecule has 1 aromatic heterocycles. The summed E-state index contributed by atoms with van der Waals surface area (Å²) in [6, 6.07) is 1.76. The molecule has 1 aliphatic carbocycles. The van der Waals surface area contributed by atoms with E-state index in [4.69, 9.17) is 0 Å². The number of fused-ring (bicyclic) bond motifs is 1. The number of pyridine rings is 1. The Morgan fingerprint density at radius 3 is 2.68 bits per heavy atom. The summed E-state index contributed by atoms with van der Waals surface area (Å²) in [7, 11) is 0. The minimum Gasteiger partial charge on any atom is -0.349 e. The van der Waals surface area contributed by atoms with Crippen LogP contribution in [0.3, 0.4) is 0 Å². The summed E-state index contributed by atoms with van der Waals surface area (Å²) < 4.78 is 0. The normalized spacial score (nSPS) is 18.1. The molecular formula is C16H21N3O3. The van der Waals surface area contributed by atoms with Gasteiger partial charge >= 0.3 is 0 Å². The quantitative estimate of drug-likeness (QED) is 0.839. The molecule has 1 fully saturated rings. The zero-order valence-corrected chi connectivity index (χ0v) is 12.8. The highest BCUT2D eigenvalue weighted by molar-refractivity contribution is 5.94. The van der Waals surface area contributed by atoms with Crippen molar-refractivity contribution in [1.29, 1.82) is 0 Å². The van der Waals surface area contributed by atoms with Gasteiger partial charge in [0.15, 0.2) is 0 Å². The molecule has 0 atom stereocenters. The van der Waals surface area contributed by atoms with Crippen LogP contribution in [0, 0.1) is 0 Å². The van der Waals surface area contributed by atoms with E-state index in [9.17, 15) is 14.4 Å². The molecule has 22 heavy (non-hydrogen) atoms. The van der Waals surface area contributed by atoms with Crippen LogP contribution in [0.4, 0.5) is 0 Å². The van der Waals surface area contributed by atoms with Gasteiger partial charge in [-0.15, -0.1) is 0 Å². The lowest BCUT2D eigenvalue weighted by atomic mass is 10.0. The number of carbonyl (C=O) groups excluding carboxylic acids is 2. The SMILES string of the molecule is CC(=O)N1CCC(NC(=O)c2cc3c([nH]c2=O)CCC3)CC1. The Morgan fingerprint density at radius 2 is 2.00 bits per heavy atom. The molecule has 2 N–H and O–H groups in total. The third kappa shape index (κ3) is 2.91. The van der Waals surface area contributed by atoms with Crippen molar-refractivity contribution in [2.75, 3.05) is 13.1 Å². The van der Waals surface area contributed by atoms with Crippen molar-refractivity contribution >= 4 is 11.8 Å². The highest BCUT2D eigenvalue weighted by atomic mass is 16.2. The van der Waals surface area contributed by atoms with Gasteiger partial charge in [0.2, 0.25) is 5.91 Å². The van der Waals surface area contributed by atoms with Gasteiger partial charge in [0.05, 0.1) is 0 Å². The molecule has 2 aliphatic rings. The summed E-state index contributed by atoms with van der Waals surface area (Å²) in [4.78, 5) is 40.3. The molecule has 0 radical (unpaired) electrons. The first-order valence-electron chi connectivity index (χ1n) is 7.86. The third-order valence-corrected chi connectivity index (χ3v) is 4.61. The molecule has 0 unspecified atom stereocenters. The summed E-state index contributed by atoms with van der Waals surface area (Å²) in [5, 5.41) is 2.93. The second-order valence-corrected chi connectivity index (χ2v) is 6.12. The van der Waals surface area contributed by atoms with Gasteiger partial charge in [-0.3, -0.25) is 14.4 Å². The summed E-state index contributed by atoms with van der Waals surface area (Å²) in [5.74, 6) is -0.239. The Bertz CT molecular complexity index is 657. The number of hydrogen-bond acceptors (Lipinski definition) is 3. The van der Waals surface area contributed by atoms with Crippen LogP contribution in [0.5, 0.6) is 0 Å². The zero-order valence-electron chi connectivity index (χ0n) is 12.8. The fourth-order valence-corrected chi connectivity index (χ4v) is 3.28. The predicted octanol–water partition coefficient (Wildman–Crippen LogP) is 0.604. The number of aryl methyl sites for hydroxylation is 2. The fourth-order valence-electron chi connectivity index (χ4n) is 3.28. The van der Waals surface area contributed by atoms with E-state index in [-0.39, 0.29) is 29.0 Å². The summed E-state index contributed by atoms with van der Waals surface area (Å²) >= 11 is 0. The van der Waals surface area contributed by atoms with Crippen LogP contribution < -0.4 is 10.9 Å². The van der Waals surface area contributed by atoms with E-state index in [0.717, 1.165) is 43.4 Å². The molecule has 6 heteroatoms. The number of nitrogens with zero attached hydrogens (tertiary/aromatic N) is 1. The van der Waals surface area contributed by atoms with Crippen LogP contribution in [0.2, 0.25) is 0 Å². The second kappa shape index (κ2) is 5.94. The second-order valence-electron chi connectivity index (χ2n) is 6.12. The Hall–Kier alpha value is -2.11. The summed E-state index contributed by atoms with van der Waals surface area (Å²) in [6.45, 7) is 2.87. The van der Waals surface area contributed by atoms with E-state index in [2.05, 4.69) is 10.3 Å². The van der Waals surface area contributed by atoms with Crippen LogP contribution in [0.25, 0.3) is 0 Å². The van der Waals surface area contributed by atoms with Crippen LogP contribution in [0.1, 0.15) is 47.8 Å². The first-order chi connectivity index (χ1) is 10.5. The summed E-state index contributed by atoms with van der Waals surface area (Å²) in [6.07, 6.45) is 4.29. The van der Waals surface area contributed by atoms with Gasteiger partial charge in [0.25, 0.3) is 11.5 Å². The highest BCUT2D eigenvalue weighted by Crippen LogP contribution is 2.19. The number of amides is 2. The van der Waals surface area contributed by atoms with Gasteiger partial charge in [-0.1, -0.05) is 0 Å². The Kier molecular flexibility index (Phi) is 4.00. The number of rotatable bonds is 2. The molecule has 6 nitrogen and oxygen atoms in total. The number of piperidine rings is 1.